The number of hydrogen-bond acceptors (Lipinski definition) is 0. The van der Waals surface area contributed by atoms with Crippen LogP contribution in [0.25, 0.3) is 0 Å². The second-order valence-electron chi connectivity index (χ2n) is 4.14. The monoisotopic (exact) mass is 234 g/mol. The number of hydrogen-bond donors (Lipinski definition) is 0. The molecule has 0 aliphatic heterocycles. The summed E-state index contributed by atoms with van der Waals surface area (Å²) in [4.78, 5) is 0. The summed E-state index contributed by atoms with van der Waals surface area (Å²) in [7, 11) is 0. The lowest BCUT2D eigenvalue weighted by Gasteiger charge is -1.91. The Morgan fingerprint density at radius 2 is 1.12 bits per heavy atom. The van der Waals surface area contributed by atoms with Crippen molar-refractivity contribution in [2.24, 2.45) is 0 Å². The van der Waals surface area contributed by atoms with E-state index in [1.807, 2.05) is 26.0 Å². The minimum absolute atomic E-state index is 0.289. The molecule has 0 fully saturated rings. The van der Waals surface area contributed by atoms with E-state index in [-0.39, 0.29) is 5.83 Å². The van der Waals surface area contributed by atoms with E-state index in [1.54, 1.807) is 13.8 Å². The Balaban J connectivity index is 0. The van der Waals surface area contributed by atoms with Crippen LogP contribution in [0.2, 0.25) is 0 Å². The van der Waals surface area contributed by atoms with Gasteiger partial charge in [-0.1, -0.05) is 55.2 Å². The van der Waals surface area contributed by atoms with Crippen LogP contribution in [0.4, 0.5) is 4.39 Å². The summed E-state index contributed by atoms with van der Waals surface area (Å²) in [5, 5.41) is 0. The fourth-order valence-electron chi connectivity index (χ4n) is 0.624. The molecule has 0 spiro atoms. The standard InChI is InChI=1S/C8H11F.C8H12/c1-6(2)5-8(9)7(3)4;1-7(2)5-6-8(3)4/h5H,1,3H2,2,4H3;5-6H,1,3H2,2,4H3/b8-5+;6-5-. The minimum Gasteiger partial charge on any atom is -0.207 e. The van der Waals surface area contributed by atoms with Crippen molar-refractivity contribution < 1.29 is 4.39 Å². The molecule has 1 heteroatoms. The molecule has 0 saturated heterocycles. The summed E-state index contributed by atoms with van der Waals surface area (Å²) in [6.07, 6.45) is 5.26. The predicted octanol–water partition coefficient (Wildman–Crippen LogP) is 5.69. The van der Waals surface area contributed by atoms with Gasteiger partial charge in [-0.2, -0.15) is 0 Å². The number of rotatable bonds is 4. The largest absolute Gasteiger partial charge is 0.207 e. The van der Waals surface area contributed by atoms with Crippen molar-refractivity contribution in [3.63, 3.8) is 0 Å². The van der Waals surface area contributed by atoms with E-state index in [1.165, 1.54) is 6.08 Å². The van der Waals surface area contributed by atoms with E-state index in [0.717, 1.165) is 11.1 Å². The first-order valence-corrected chi connectivity index (χ1v) is 5.34. The zero-order valence-corrected chi connectivity index (χ0v) is 11.4. The Bertz CT molecular complexity index is 349. The minimum atomic E-state index is -0.289. The molecule has 0 rings (SSSR count). The van der Waals surface area contributed by atoms with Gasteiger partial charge < -0.3 is 0 Å². The molecule has 0 aliphatic rings. The summed E-state index contributed by atoms with van der Waals surface area (Å²) in [6, 6.07) is 0. The fraction of sp³-hybridized carbons (Fsp3) is 0.250. The van der Waals surface area contributed by atoms with Gasteiger partial charge in [0.15, 0.2) is 0 Å². The van der Waals surface area contributed by atoms with Crippen molar-refractivity contribution in [3.8, 4) is 0 Å². The van der Waals surface area contributed by atoms with Crippen LogP contribution in [0.15, 0.2) is 72.7 Å². The third-order valence-electron chi connectivity index (χ3n) is 1.43. The van der Waals surface area contributed by atoms with Gasteiger partial charge in [0, 0.05) is 0 Å². The van der Waals surface area contributed by atoms with Crippen LogP contribution in [0.1, 0.15) is 27.7 Å². The molecule has 0 unspecified atom stereocenters. The molecule has 94 valence electrons. The first kappa shape index (κ1) is 17.8. The molecule has 0 aromatic carbocycles. The molecule has 0 radical (unpaired) electrons. The Kier molecular flexibility index (Phi) is 10.0. The van der Waals surface area contributed by atoms with Crippen molar-refractivity contribution >= 4 is 0 Å². The van der Waals surface area contributed by atoms with Crippen LogP contribution in [0.3, 0.4) is 0 Å². The molecular formula is C16H23F. The molecule has 0 aromatic rings. The van der Waals surface area contributed by atoms with Crippen LogP contribution < -0.4 is 0 Å². The second kappa shape index (κ2) is 9.59. The maximum atomic E-state index is 12.5. The van der Waals surface area contributed by atoms with Gasteiger partial charge >= 0.3 is 0 Å². The van der Waals surface area contributed by atoms with Crippen molar-refractivity contribution in [1.29, 1.82) is 0 Å². The van der Waals surface area contributed by atoms with Crippen LogP contribution in [-0.4, -0.2) is 0 Å². The molecule has 17 heavy (non-hydrogen) atoms. The lowest BCUT2D eigenvalue weighted by molar-refractivity contribution is 0.651. The molecule has 0 atom stereocenters. The predicted molar refractivity (Wildman–Crippen MR) is 77.6 cm³/mol. The van der Waals surface area contributed by atoms with Gasteiger partial charge in [-0.25, -0.2) is 4.39 Å². The van der Waals surface area contributed by atoms with E-state index >= 15 is 0 Å². The van der Waals surface area contributed by atoms with Crippen molar-refractivity contribution in [3.05, 3.63) is 72.7 Å². The van der Waals surface area contributed by atoms with Crippen LogP contribution in [0, 0.1) is 0 Å². The second-order valence-corrected chi connectivity index (χ2v) is 4.14. The summed E-state index contributed by atoms with van der Waals surface area (Å²) in [6.45, 7) is 21.6. The van der Waals surface area contributed by atoms with Crippen molar-refractivity contribution in [2.75, 3.05) is 0 Å². The highest BCUT2D eigenvalue weighted by Gasteiger charge is 1.91. The van der Waals surface area contributed by atoms with Gasteiger partial charge in [-0.3, -0.25) is 0 Å². The third kappa shape index (κ3) is 17.0. The Hall–Kier alpha value is -1.63. The van der Waals surface area contributed by atoms with Gasteiger partial charge in [0.25, 0.3) is 0 Å². The van der Waals surface area contributed by atoms with E-state index in [0.29, 0.717) is 11.1 Å². The summed E-state index contributed by atoms with van der Waals surface area (Å²) in [5.41, 5.74) is 3.27. The molecule has 0 heterocycles. The molecule has 0 amide bonds. The molecule has 0 saturated carbocycles. The van der Waals surface area contributed by atoms with E-state index < -0.39 is 0 Å². The van der Waals surface area contributed by atoms with E-state index in [9.17, 15) is 4.39 Å². The van der Waals surface area contributed by atoms with E-state index in [4.69, 9.17) is 0 Å². The fourth-order valence-corrected chi connectivity index (χ4v) is 0.624. The normalized spacial score (nSPS) is 10.5. The number of halogens is 1. The van der Waals surface area contributed by atoms with Crippen LogP contribution in [0.5, 0.6) is 0 Å². The van der Waals surface area contributed by atoms with Gasteiger partial charge in [0.1, 0.15) is 5.83 Å². The quantitative estimate of drug-likeness (QED) is 0.548. The lowest BCUT2D eigenvalue weighted by Crippen LogP contribution is -1.73. The zero-order valence-electron chi connectivity index (χ0n) is 11.4. The molecule has 0 bridgehead atoms. The summed E-state index contributed by atoms with van der Waals surface area (Å²) >= 11 is 0. The SMILES string of the molecule is C=C(C)/C=C(/F)C(=C)C.C=C(C)/C=C\C(=C)C. The first-order chi connectivity index (χ1) is 7.66. The summed E-state index contributed by atoms with van der Waals surface area (Å²) < 4.78 is 12.5. The maximum Gasteiger partial charge on any atom is 0.125 e. The maximum absolute atomic E-state index is 12.5. The lowest BCUT2D eigenvalue weighted by atomic mass is 10.2. The topological polar surface area (TPSA) is 0 Å². The van der Waals surface area contributed by atoms with Gasteiger partial charge in [-0.05, 0) is 39.3 Å². The first-order valence-electron chi connectivity index (χ1n) is 5.34. The number of allylic oxidation sites excluding steroid dienone is 8. The molecular weight excluding hydrogens is 211 g/mol. The highest BCUT2D eigenvalue weighted by Crippen LogP contribution is 2.09. The molecule has 0 aromatic heterocycles. The van der Waals surface area contributed by atoms with Crippen molar-refractivity contribution in [2.45, 2.75) is 27.7 Å². The van der Waals surface area contributed by atoms with Gasteiger partial charge in [-0.15, -0.1) is 0 Å². The zero-order chi connectivity index (χ0) is 14.0. The third-order valence-corrected chi connectivity index (χ3v) is 1.43. The smallest absolute Gasteiger partial charge is 0.125 e. The average Bonchev–Trinajstić information content (AvgIpc) is 2.14. The van der Waals surface area contributed by atoms with Crippen LogP contribution in [-0.2, 0) is 0 Å². The highest BCUT2D eigenvalue weighted by molar-refractivity contribution is 5.27. The molecule has 0 aliphatic carbocycles. The van der Waals surface area contributed by atoms with Crippen molar-refractivity contribution in [1.82, 2.24) is 0 Å². The molecule has 0 N–H and O–H groups in total. The average molecular weight is 234 g/mol. The highest BCUT2D eigenvalue weighted by atomic mass is 19.1. The Labute approximate surface area is 105 Å². The van der Waals surface area contributed by atoms with Crippen LogP contribution >= 0.6 is 0 Å². The summed E-state index contributed by atoms with van der Waals surface area (Å²) in [5.74, 6) is -0.289. The van der Waals surface area contributed by atoms with Gasteiger partial charge in [0.2, 0.25) is 0 Å². The van der Waals surface area contributed by atoms with E-state index in [2.05, 4.69) is 26.3 Å². The van der Waals surface area contributed by atoms with Gasteiger partial charge in [0.05, 0.1) is 0 Å². The molecule has 0 nitrogen and oxygen atoms in total. The Morgan fingerprint density at radius 1 is 0.765 bits per heavy atom. The Morgan fingerprint density at radius 3 is 1.24 bits per heavy atom.